The Kier molecular flexibility index (Phi) is 4.79. The summed E-state index contributed by atoms with van der Waals surface area (Å²) in [7, 11) is 0. The van der Waals surface area contributed by atoms with E-state index in [1.165, 1.54) is 4.90 Å². The molecule has 0 saturated heterocycles. The number of aromatic nitrogens is 1. The van der Waals surface area contributed by atoms with E-state index in [-0.39, 0.29) is 35.9 Å². The van der Waals surface area contributed by atoms with Gasteiger partial charge in [-0.25, -0.2) is 4.98 Å². The lowest BCUT2D eigenvalue weighted by Gasteiger charge is -2.34. The summed E-state index contributed by atoms with van der Waals surface area (Å²) in [4.78, 5) is 30.9. The normalized spacial score (nSPS) is 16.2. The first kappa shape index (κ1) is 17.7. The standard InChI is InChI=1S/C19H22N4O3/c1-11(2)17-19(25)23(18-14(26-17)8-9-15(20)22-18)10-16(24)21-13-7-5-4-6-12(13)3/h4-9,11,17H,10H2,1-3H3,(H2,20,22)(H,21,24). The number of hydrogen-bond donors (Lipinski definition) is 2. The molecule has 0 aliphatic carbocycles. The molecule has 2 amide bonds. The van der Waals surface area contributed by atoms with Gasteiger partial charge in [-0.2, -0.15) is 0 Å². The van der Waals surface area contributed by atoms with Crippen LogP contribution in [-0.4, -0.2) is 29.4 Å². The van der Waals surface area contributed by atoms with Crippen molar-refractivity contribution in [1.82, 2.24) is 4.98 Å². The molecule has 26 heavy (non-hydrogen) atoms. The Balaban J connectivity index is 1.87. The number of nitrogen functional groups attached to an aromatic ring is 1. The van der Waals surface area contributed by atoms with Gasteiger partial charge >= 0.3 is 0 Å². The number of carbonyl (C=O) groups excluding carboxylic acids is 2. The molecule has 1 aliphatic heterocycles. The molecule has 3 N–H and O–H groups in total. The molecule has 1 unspecified atom stereocenters. The molecule has 7 nitrogen and oxygen atoms in total. The van der Waals surface area contributed by atoms with Gasteiger partial charge in [-0.1, -0.05) is 32.0 Å². The van der Waals surface area contributed by atoms with Crippen molar-refractivity contribution in [2.24, 2.45) is 5.92 Å². The maximum atomic E-state index is 12.8. The molecule has 7 heteroatoms. The van der Waals surface area contributed by atoms with Crippen LogP contribution in [0.15, 0.2) is 36.4 Å². The number of nitrogens with one attached hydrogen (secondary N) is 1. The van der Waals surface area contributed by atoms with Crippen molar-refractivity contribution < 1.29 is 14.3 Å². The average Bonchev–Trinajstić information content (AvgIpc) is 2.59. The van der Waals surface area contributed by atoms with Gasteiger partial charge in [-0.05, 0) is 36.6 Å². The van der Waals surface area contributed by atoms with Crippen LogP contribution in [0.5, 0.6) is 5.75 Å². The number of pyridine rings is 1. The van der Waals surface area contributed by atoms with E-state index in [1.54, 1.807) is 12.1 Å². The minimum Gasteiger partial charge on any atom is -0.476 e. The van der Waals surface area contributed by atoms with Gasteiger partial charge in [0, 0.05) is 5.69 Å². The molecular formula is C19H22N4O3. The molecule has 2 aromatic rings. The number of anilines is 3. The molecule has 1 atom stereocenters. The molecule has 1 aromatic heterocycles. The summed E-state index contributed by atoms with van der Waals surface area (Å²) in [5.41, 5.74) is 7.40. The van der Waals surface area contributed by atoms with E-state index >= 15 is 0 Å². The molecular weight excluding hydrogens is 332 g/mol. The fourth-order valence-corrected chi connectivity index (χ4v) is 2.80. The predicted molar refractivity (Wildman–Crippen MR) is 100 cm³/mol. The number of rotatable bonds is 4. The zero-order valence-corrected chi connectivity index (χ0v) is 15.0. The van der Waals surface area contributed by atoms with Crippen molar-refractivity contribution in [2.45, 2.75) is 26.9 Å². The zero-order chi connectivity index (χ0) is 18.8. The van der Waals surface area contributed by atoms with Crippen LogP contribution in [0.3, 0.4) is 0 Å². The molecule has 0 saturated carbocycles. The van der Waals surface area contributed by atoms with Crippen molar-refractivity contribution in [3.8, 4) is 5.75 Å². The van der Waals surface area contributed by atoms with Crippen LogP contribution in [0.4, 0.5) is 17.3 Å². The van der Waals surface area contributed by atoms with Crippen LogP contribution in [0.1, 0.15) is 19.4 Å². The van der Waals surface area contributed by atoms with E-state index in [2.05, 4.69) is 10.3 Å². The summed E-state index contributed by atoms with van der Waals surface area (Å²) in [5, 5.41) is 2.83. The summed E-state index contributed by atoms with van der Waals surface area (Å²) in [6.45, 7) is 5.53. The number of fused-ring (bicyclic) bond motifs is 1. The van der Waals surface area contributed by atoms with Gasteiger partial charge in [0.15, 0.2) is 17.7 Å². The van der Waals surface area contributed by atoms with Gasteiger partial charge in [0.05, 0.1) is 0 Å². The number of nitrogens with zero attached hydrogens (tertiary/aromatic N) is 2. The molecule has 2 heterocycles. The maximum Gasteiger partial charge on any atom is 0.270 e. The van der Waals surface area contributed by atoms with Gasteiger partial charge in [0.2, 0.25) is 5.91 Å². The average molecular weight is 354 g/mol. The van der Waals surface area contributed by atoms with E-state index in [0.717, 1.165) is 5.56 Å². The second-order valence-electron chi connectivity index (χ2n) is 6.63. The summed E-state index contributed by atoms with van der Waals surface area (Å²) < 4.78 is 5.77. The van der Waals surface area contributed by atoms with Crippen molar-refractivity contribution in [3.05, 3.63) is 42.0 Å². The monoisotopic (exact) mass is 354 g/mol. The predicted octanol–water partition coefficient (Wildman–Crippen LogP) is 2.36. The second-order valence-corrected chi connectivity index (χ2v) is 6.63. The highest BCUT2D eigenvalue weighted by atomic mass is 16.5. The Labute approximate surface area is 152 Å². The molecule has 0 fully saturated rings. The van der Waals surface area contributed by atoms with Gasteiger partial charge in [-0.15, -0.1) is 0 Å². The number of ether oxygens (including phenoxy) is 1. The second kappa shape index (κ2) is 7.03. The minimum atomic E-state index is -0.667. The highest BCUT2D eigenvalue weighted by Gasteiger charge is 2.38. The Morgan fingerprint density at radius 3 is 2.73 bits per heavy atom. The maximum absolute atomic E-state index is 12.8. The lowest BCUT2D eigenvalue weighted by molar-refractivity contribution is -0.129. The van der Waals surface area contributed by atoms with Gasteiger partial charge in [0.1, 0.15) is 12.4 Å². The number of amides is 2. The van der Waals surface area contributed by atoms with Crippen molar-refractivity contribution in [2.75, 3.05) is 22.5 Å². The Bertz CT molecular complexity index is 850. The van der Waals surface area contributed by atoms with Gasteiger partial charge < -0.3 is 15.8 Å². The Morgan fingerprint density at radius 1 is 1.31 bits per heavy atom. The van der Waals surface area contributed by atoms with Crippen LogP contribution >= 0.6 is 0 Å². The highest BCUT2D eigenvalue weighted by molar-refractivity contribution is 6.05. The molecule has 1 aromatic carbocycles. The van der Waals surface area contributed by atoms with Gasteiger partial charge in [0.25, 0.3) is 5.91 Å². The molecule has 0 bridgehead atoms. The number of para-hydroxylation sites is 1. The first-order valence-electron chi connectivity index (χ1n) is 8.47. The zero-order valence-electron chi connectivity index (χ0n) is 15.0. The first-order valence-corrected chi connectivity index (χ1v) is 8.47. The summed E-state index contributed by atoms with van der Waals surface area (Å²) in [6, 6.07) is 10.7. The molecule has 136 valence electrons. The Morgan fingerprint density at radius 2 is 2.04 bits per heavy atom. The Hall–Kier alpha value is -3.09. The number of aryl methyl sites for hydroxylation is 1. The molecule has 1 aliphatic rings. The number of carbonyl (C=O) groups is 2. The van der Waals surface area contributed by atoms with Crippen LogP contribution < -0.4 is 20.7 Å². The minimum absolute atomic E-state index is 0.0462. The van der Waals surface area contributed by atoms with Crippen LogP contribution in [0.2, 0.25) is 0 Å². The van der Waals surface area contributed by atoms with Crippen molar-refractivity contribution in [3.63, 3.8) is 0 Å². The van der Waals surface area contributed by atoms with E-state index in [4.69, 9.17) is 10.5 Å². The van der Waals surface area contributed by atoms with Gasteiger partial charge in [-0.3, -0.25) is 14.5 Å². The van der Waals surface area contributed by atoms with E-state index in [0.29, 0.717) is 11.4 Å². The van der Waals surface area contributed by atoms with Crippen LogP contribution in [0.25, 0.3) is 0 Å². The SMILES string of the molecule is Cc1ccccc1NC(=O)CN1C(=O)C(C(C)C)Oc2ccc(N)nc21. The summed E-state index contributed by atoms with van der Waals surface area (Å²) in [6.07, 6.45) is -0.667. The number of benzene rings is 1. The van der Waals surface area contributed by atoms with Crippen molar-refractivity contribution in [1.29, 1.82) is 0 Å². The number of nitrogens with two attached hydrogens (primary N) is 1. The fraction of sp³-hybridized carbons (Fsp3) is 0.316. The largest absolute Gasteiger partial charge is 0.476 e. The molecule has 0 spiro atoms. The van der Waals surface area contributed by atoms with E-state index < -0.39 is 6.10 Å². The van der Waals surface area contributed by atoms with E-state index in [1.807, 2.05) is 45.0 Å². The van der Waals surface area contributed by atoms with Crippen LogP contribution in [-0.2, 0) is 9.59 Å². The first-order chi connectivity index (χ1) is 12.4. The summed E-state index contributed by atoms with van der Waals surface area (Å²) >= 11 is 0. The quantitative estimate of drug-likeness (QED) is 0.878. The lowest BCUT2D eigenvalue weighted by Crippen LogP contribution is -2.51. The fourth-order valence-electron chi connectivity index (χ4n) is 2.80. The lowest BCUT2D eigenvalue weighted by atomic mass is 10.0. The third-order valence-electron chi connectivity index (χ3n) is 4.21. The third kappa shape index (κ3) is 3.46. The third-order valence-corrected chi connectivity index (χ3v) is 4.21. The topological polar surface area (TPSA) is 97.5 Å². The summed E-state index contributed by atoms with van der Waals surface area (Å²) in [5.74, 6) is 0.313. The van der Waals surface area contributed by atoms with Crippen LogP contribution in [0, 0.1) is 12.8 Å². The molecule has 3 rings (SSSR count). The number of hydrogen-bond acceptors (Lipinski definition) is 5. The highest BCUT2D eigenvalue weighted by Crippen LogP contribution is 2.34. The van der Waals surface area contributed by atoms with E-state index in [9.17, 15) is 9.59 Å². The smallest absolute Gasteiger partial charge is 0.270 e. The van der Waals surface area contributed by atoms with Crippen molar-refractivity contribution >= 4 is 29.1 Å². The molecule has 0 radical (unpaired) electrons.